The number of methoxy groups -OCH3 is 1. The van der Waals surface area contributed by atoms with Crippen LogP contribution < -0.4 is 15.8 Å². The van der Waals surface area contributed by atoms with Crippen molar-refractivity contribution in [2.24, 2.45) is 0 Å². The summed E-state index contributed by atoms with van der Waals surface area (Å²) in [5, 5.41) is 12.8. The number of benzene rings is 3. The number of rotatable bonds is 4. The highest BCUT2D eigenvalue weighted by molar-refractivity contribution is 5.98. The molecule has 0 fully saturated rings. The minimum atomic E-state index is -0.463. The van der Waals surface area contributed by atoms with Crippen LogP contribution in [-0.2, 0) is 11.3 Å². The number of nitrogens with one attached hydrogen (secondary N) is 1. The summed E-state index contributed by atoms with van der Waals surface area (Å²) in [6, 6.07) is 20.6. The first-order valence-electron chi connectivity index (χ1n) is 9.33. The second-order valence-corrected chi connectivity index (χ2v) is 6.76. The standard InChI is InChI=1S/C24H19N3O3/c1-29-24(28)19-6-4-7-20(26)23(19)27-14-15-9-10-18-17(13-25)12-16-5-2-3-8-21(16)30-22(18)11-15/h2-12,27H,14,26H2,1H3. The van der Waals surface area contributed by atoms with Gasteiger partial charge in [-0.1, -0.05) is 30.3 Å². The van der Waals surface area contributed by atoms with Crippen LogP contribution in [0.4, 0.5) is 11.4 Å². The van der Waals surface area contributed by atoms with E-state index in [1.165, 1.54) is 7.11 Å². The quantitative estimate of drug-likeness (QED) is 0.483. The lowest BCUT2D eigenvalue weighted by Gasteiger charge is -2.15. The number of carbonyl (C=O) groups excluding carboxylic acids is 1. The zero-order valence-corrected chi connectivity index (χ0v) is 16.3. The fourth-order valence-corrected chi connectivity index (χ4v) is 3.36. The van der Waals surface area contributed by atoms with E-state index in [1.807, 2.05) is 48.5 Å². The molecule has 0 radical (unpaired) electrons. The minimum Gasteiger partial charge on any atom is -0.465 e. The summed E-state index contributed by atoms with van der Waals surface area (Å²) in [5.74, 6) is 0.825. The molecular weight excluding hydrogens is 378 g/mol. The molecule has 0 bridgehead atoms. The molecule has 3 aromatic carbocycles. The maximum Gasteiger partial charge on any atom is 0.340 e. The first-order chi connectivity index (χ1) is 14.6. The molecule has 0 aromatic heterocycles. The molecule has 6 heteroatoms. The van der Waals surface area contributed by atoms with Gasteiger partial charge in [0.25, 0.3) is 0 Å². The van der Waals surface area contributed by atoms with E-state index in [9.17, 15) is 10.1 Å². The maximum atomic E-state index is 12.0. The van der Waals surface area contributed by atoms with E-state index in [0.717, 1.165) is 16.7 Å². The number of nitrogen functional groups attached to an aromatic ring is 1. The first kappa shape index (κ1) is 19.1. The summed E-state index contributed by atoms with van der Waals surface area (Å²) in [4.78, 5) is 12.0. The monoisotopic (exact) mass is 397 g/mol. The van der Waals surface area contributed by atoms with Crippen LogP contribution >= 0.6 is 0 Å². The highest BCUT2D eigenvalue weighted by Crippen LogP contribution is 2.38. The van der Waals surface area contributed by atoms with Crippen molar-refractivity contribution >= 4 is 29.0 Å². The van der Waals surface area contributed by atoms with Gasteiger partial charge in [0.2, 0.25) is 0 Å². The van der Waals surface area contributed by atoms with Crippen molar-refractivity contribution in [3.8, 4) is 17.6 Å². The molecule has 1 aliphatic rings. The summed E-state index contributed by atoms with van der Waals surface area (Å²) in [6.07, 6.45) is 1.83. The molecule has 0 atom stereocenters. The fraction of sp³-hybridized carbons (Fsp3) is 0.0833. The molecule has 0 aliphatic carbocycles. The van der Waals surface area contributed by atoms with E-state index in [4.69, 9.17) is 15.2 Å². The Morgan fingerprint density at radius 3 is 2.77 bits per heavy atom. The van der Waals surface area contributed by atoms with Crippen molar-refractivity contribution < 1.29 is 14.3 Å². The molecule has 30 heavy (non-hydrogen) atoms. The molecule has 3 N–H and O–H groups in total. The molecule has 0 saturated heterocycles. The van der Waals surface area contributed by atoms with Crippen molar-refractivity contribution in [3.63, 3.8) is 0 Å². The van der Waals surface area contributed by atoms with Crippen LogP contribution in [0.15, 0.2) is 60.7 Å². The van der Waals surface area contributed by atoms with Crippen molar-refractivity contribution in [3.05, 3.63) is 82.9 Å². The lowest BCUT2D eigenvalue weighted by atomic mass is 10.0. The van der Waals surface area contributed by atoms with E-state index in [0.29, 0.717) is 40.6 Å². The van der Waals surface area contributed by atoms with Gasteiger partial charge >= 0.3 is 5.97 Å². The van der Waals surface area contributed by atoms with Crippen molar-refractivity contribution in [2.75, 3.05) is 18.2 Å². The minimum absolute atomic E-state index is 0.368. The predicted molar refractivity (Wildman–Crippen MR) is 116 cm³/mol. The third-order valence-electron chi connectivity index (χ3n) is 4.87. The largest absolute Gasteiger partial charge is 0.465 e. The number of fused-ring (bicyclic) bond motifs is 2. The number of nitrogens with zero attached hydrogens (tertiary/aromatic N) is 1. The SMILES string of the molecule is COC(=O)c1cccc(N)c1NCc1ccc2c(c1)Oc1ccccc1C=C2C#N. The fourth-order valence-electron chi connectivity index (χ4n) is 3.36. The van der Waals surface area contributed by atoms with Crippen molar-refractivity contribution in [2.45, 2.75) is 6.54 Å². The topological polar surface area (TPSA) is 97.4 Å². The number of para-hydroxylation sites is 2. The Hall–Kier alpha value is -4.24. The van der Waals surface area contributed by atoms with Gasteiger partial charge in [0, 0.05) is 17.7 Å². The Morgan fingerprint density at radius 1 is 1.13 bits per heavy atom. The number of esters is 1. The summed E-state index contributed by atoms with van der Waals surface area (Å²) in [6.45, 7) is 0.405. The summed E-state index contributed by atoms with van der Waals surface area (Å²) >= 11 is 0. The van der Waals surface area contributed by atoms with Crippen LogP contribution in [0.25, 0.3) is 11.6 Å². The predicted octanol–water partition coefficient (Wildman–Crippen LogP) is 4.84. The summed E-state index contributed by atoms with van der Waals surface area (Å²) < 4.78 is 10.9. The highest BCUT2D eigenvalue weighted by atomic mass is 16.5. The van der Waals surface area contributed by atoms with Gasteiger partial charge in [-0.25, -0.2) is 4.79 Å². The van der Waals surface area contributed by atoms with Gasteiger partial charge in [0.15, 0.2) is 0 Å². The number of hydrogen-bond donors (Lipinski definition) is 2. The van der Waals surface area contributed by atoms with Crippen LogP contribution in [0.1, 0.15) is 27.0 Å². The molecular formula is C24H19N3O3. The van der Waals surface area contributed by atoms with Crippen LogP contribution in [0.5, 0.6) is 11.5 Å². The number of hydrogen-bond acceptors (Lipinski definition) is 6. The van der Waals surface area contributed by atoms with E-state index in [2.05, 4.69) is 11.4 Å². The van der Waals surface area contributed by atoms with Crippen molar-refractivity contribution in [1.29, 1.82) is 5.26 Å². The van der Waals surface area contributed by atoms with Crippen molar-refractivity contribution in [1.82, 2.24) is 0 Å². The smallest absolute Gasteiger partial charge is 0.340 e. The van der Waals surface area contributed by atoms with Crippen LogP contribution in [0, 0.1) is 11.3 Å². The number of allylic oxidation sites excluding steroid dienone is 1. The molecule has 0 unspecified atom stereocenters. The summed E-state index contributed by atoms with van der Waals surface area (Å²) in [7, 11) is 1.33. The van der Waals surface area contributed by atoms with Gasteiger partial charge in [-0.3, -0.25) is 0 Å². The number of ether oxygens (including phenoxy) is 2. The van der Waals surface area contributed by atoms with Gasteiger partial charge in [-0.05, 0) is 42.0 Å². The Kier molecular flexibility index (Phi) is 5.10. The first-order valence-corrected chi connectivity index (χ1v) is 9.33. The zero-order chi connectivity index (χ0) is 21.1. The van der Waals surface area contributed by atoms with Gasteiger partial charge in [0.1, 0.15) is 11.5 Å². The normalized spacial score (nSPS) is 11.7. The number of anilines is 2. The van der Waals surface area contributed by atoms with Gasteiger partial charge < -0.3 is 20.5 Å². The zero-order valence-electron chi connectivity index (χ0n) is 16.3. The van der Waals surface area contributed by atoms with E-state index >= 15 is 0 Å². The second kappa shape index (κ2) is 8.02. The Morgan fingerprint density at radius 2 is 1.97 bits per heavy atom. The van der Waals surface area contributed by atoms with E-state index in [1.54, 1.807) is 18.2 Å². The Labute approximate surface area is 174 Å². The molecule has 148 valence electrons. The lowest BCUT2D eigenvalue weighted by Crippen LogP contribution is -2.10. The Bertz CT molecular complexity index is 1210. The molecule has 4 rings (SSSR count). The average Bonchev–Trinajstić information content (AvgIpc) is 2.93. The number of nitriles is 1. The number of nitrogens with two attached hydrogens (primary N) is 1. The lowest BCUT2D eigenvalue weighted by molar-refractivity contribution is 0.0602. The molecule has 1 aliphatic heterocycles. The van der Waals surface area contributed by atoms with Crippen LogP contribution in [0.3, 0.4) is 0 Å². The molecule has 0 spiro atoms. The number of carbonyl (C=O) groups is 1. The summed E-state index contributed by atoms with van der Waals surface area (Å²) in [5.41, 5.74) is 10.4. The molecule has 6 nitrogen and oxygen atoms in total. The van der Waals surface area contributed by atoms with Gasteiger partial charge in [-0.2, -0.15) is 5.26 Å². The van der Waals surface area contributed by atoms with Gasteiger partial charge in [0.05, 0.1) is 35.7 Å². The van der Waals surface area contributed by atoms with Crippen LogP contribution in [0.2, 0.25) is 0 Å². The maximum absolute atomic E-state index is 12.0. The molecule has 0 amide bonds. The van der Waals surface area contributed by atoms with E-state index in [-0.39, 0.29) is 0 Å². The van der Waals surface area contributed by atoms with Gasteiger partial charge in [-0.15, -0.1) is 0 Å². The second-order valence-electron chi connectivity index (χ2n) is 6.76. The molecule has 1 heterocycles. The third kappa shape index (κ3) is 3.56. The molecule has 0 saturated carbocycles. The highest BCUT2D eigenvalue weighted by Gasteiger charge is 2.18. The average molecular weight is 397 g/mol. The van der Waals surface area contributed by atoms with E-state index < -0.39 is 5.97 Å². The van der Waals surface area contributed by atoms with Crippen LogP contribution in [-0.4, -0.2) is 13.1 Å². The third-order valence-corrected chi connectivity index (χ3v) is 4.87. The Balaban J connectivity index is 1.65. The molecule has 3 aromatic rings.